The molecule has 0 unspecified atom stereocenters. The highest BCUT2D eigenvalue weighted by molar-refractivity contribution is 6.33. The summed E-state index contributed by atoms with van der Waals surface area (Å²) in [7, 11) is 0. The van der Waals surface area contributed by atoms with Crippen LogP contribution in [0.4, 0.5) is 0 Å². The van der Waals surface area contributed by atoms with Crippen molar-refractivity contribution in [3.05, 3.63) is 22.2 Å². The zero-order valence-corrected chi connectivity index (χ0v) is 13.2. The van der Waals surface area contributed by atoms with Crippen molar-refractivity contribution in [1.82, 2.24) is 9.97 Å². The van der Waals surface area contributed by atoms with Gasteiger partial charge in [0.2, 0.25) is 5.82 Å². The van der Waals surface area contributed by atoms with Crippen molar-refractivity contribution in [2.24, 2.45) is 0 Å². The summed E-state index contributed by atoms with van der Waals surface area (Å²) in [4.78, 5) is 19.3. The maximum Gasteiger partial charge on any atom is 0.306 e. The molecule has 0 amide bonds. The van der Waals surface area contributed by atoms with Gasteiger partial charge in [0.1, 0.15) is 15.9 Å². The van der Waals surface area contributed by atoms with Gasteiger partial charge in [0, 0.05) is 18.9 Å². The second kappa shape index (κ2) is 7.47. The Morgan fingerprint density at radius 2 is 1.90 bits per heavy atom. The van der Waals surface area contributed by atoms with Gasteiger partial charge >= 0.3 is 5.97 Å². The zero-order valence-electron chi connectivity index (χ0n) is 11.7. The molecule has 0 N–H and O–H groups in total. The normalized spacial score (nSPS) is 10.7. The lowest BCUT2D eigenvalue weighted by Gasteiger charge is -2.19. The summed E-state index contributed by atoms with van der Waals surface area (Å²) in [6, 6.07) is 1.44. The van der Waals surface area contributed by atoms with Crippen molar-refractivity contribution in [3.63, 3.8) is 0 Å². The molecule has 0 atom stereocenters. The van der Waals surface area contributed by atoms with Crippen molar-refractivity contribution in [2.75, 3.05) is 0 Å². The standard InChI is InChI=1S/C14H16Cl2N2O2/c1-14(2,3)20-13(19)8-6-4-5-7-12-17-10(15)9-11(16)18-12/h9H,4,6,8H2,1-3H3. The molecule has 1 rings (SSSR count). The molecule has 0 saturated carbocycles. The van der Waals surface area contributed by atoms with Crippen LogP contribution in [0.3, 0.4) is 0 Å². The summed E-state index contributed by atoms with van der Waals surface area (Å²) >= 11 is 11.5. The van der Waals surface area contributed by atoms with E-state index in [1.165, 1.54) is 6.07 Å². The Balaban J connectivity index is 2.38. The lowest BCUT2D eigenvalue weighted by Crippen LogP contribution is -2.23. The monoisotopic (exact) mass is 314 g/mol. The van der Waals surface area contributed by atoms with Gasteiger partial charge in [-0.3, -0.25) is 4.79 Å². The van der Waals surface area contributed by atoms with Crippen LogP contribution in [0, 0.1) is 11.8 Å². The first kappa shape index (κ1) is 16.7. The molecule has 0 bridgehead atoms. The Morgan fingerprint density at radius 1 is 1.30 bits per heavy atom. The van der Waals surface area contributed by atoms with Gasteiger partial charge in [-0.25, -0.2) is 9.97 Å². The molecule has 108 valence electrons. The van der Waals surface area contributed by atoms with E-state index in [-0.39, 0.29) is 22.1 Å². The van der Waals surface area contributed by atoms with E-state index in [0.717, 1.165) is 0 Å². The molecule has 1 aromatic rings. The molecule has 0 aliphatic heterocycles. The number of aromatic nitrogens is 2. The van der Waals surface area contributed by atoms with E-state index in [1.807, 2.05) is 20.8 Å². The third-order valence-corrected chi connectivity index (χ3v) is 2.35. The molecule has 20 heavy (non-hydrogen) atoms. The molecular formula is C14H16Cl2N2O2. The Hall–Kier alpha value is -1.31. The average Bonchev–Trinajstić information content (AvgIpc) is 2.24. The molecule has 4 nitrogen and oxygen atoms in total. The second-order valence-electron chi connectivity index (χ2n) is 5.08. The van der Waals surface area contributed by atoms with Crippen LogP contribution < -0.4 is 0 Å². The molecule has 0 aliphatic rings. The van der Waals surface area contributed by atoms with Gasteiger partial charge in [-0.05, 0) is 33.1 Å². The number of rotatable bonds is 3. The minimum Gasteiger partial charge on any atom is -0.460 e. The first-order valence-electron chi connectivity index (χ1n) is 6.17. The molecule has 0 spiro atoms. The van der Waals surface area contributed by atoms with E-state index in [2.05, 4.69) is 21.8 Å². The zero-order chi connectivity index (χ0) is 15.2. The van der Waals surface area contributed by atoms with Gasteiger partial charge in [-0.2, -0.15) is 0 Å². The summed E-state index contributed by atoms with van der Waals surface area (Å²) in [5, 5.41) is 0.506. The Labute approximate surface area is 128 Å². The number of ether oxygens (including phenoxy) is 1. The fourth-order valence-electron chi connectivity index (χ4n) is 1.30. The van der Waals surface area contributed by atoms with Gasteiger partial charge in [0.15, 0.2) is 0 Å². The summed E-state index contributed by atoms with van der Waals surface area (Å²) in [6.07, 6.45) is 1.51. The number of unbranched alkanes of at least 4 members (excludes halogenated alkanes) is 1. The fourth-order valence-corrected chi connectivity index (χ4v) is 1.72. The van der Waals surface area contributed by atoms with Crippen LogP contribution in [-0.4, -0.2) is 21.5 Å². The van der Waals surface area contributed by atoms with Crippen LogP contribution in [-0.2, 0) is 9.53 Å². The molecule has 0 fully saturated rings. The lowest BCUT2D eigenvalue weighted by atomic mass is 10.2. The quantitative estimate of drug-likeness (QED) is 0.370. The fraction of sp³-hybridized carbons (Fsp3) is 0.500. The second-order valence-corrected chi connectivity index (χ2v) is 5.85. The molecule has 0 radical (unpaired) electrons. The topological polar surface area (TPSA) is 52.1 Å². The number of hydrogen-bond acceptors (Lipinski definition) is 4. The SMILES string of the molecule is CC(C)(C)OC(=O)CCCC#Cc1nc(Cl)cc(Cl)n1. The molecule has 0 aliphatic carbocycles. The summed E-state index contributed by atoms with van der Waals surface area (Å²) in [6.45, 7) is 5.51. The first-order chi connectivity index (χ1) is 9.26. The van der Waals surface area contributed by atoms with Gasteiger partial charge in [-0.15, -0.1) is 0 Å². The number of nitrogens with zero attached hydrogens (tertiary/aromatic N) is 2. The molecule has 0 saturated heterocycles. The van der Waals surface area contributed by atoms with E-state index >= 15 is 0 Å². The van der Waals surface area contributed by atoms with Gasteiger partial charge in [0.05, 0.1) is 0 Å². The van der Waals surface area contributed by atoms with Gasteiger partial charge in [0.25, 0.3) is 0 Å². The van der Waals surface area contributed by atoms with Crippen LogP contribution >= 0.6 is 23.2 Å². The highest BCUT2D eigenvalue weighted by Crippen LogP contribution is 2.11. The average molecular weight is 315 g/mol. The largest absolute Gasteiger partial charge is 0.460 e. The molecular weight excluding hydrogens is 299 g/mol. The van der Waals surface area contributed by atoms with E-state index < -0.39 is 5.60 Å². The molecule has 6 heteroatoms. The van der Waals surface area contributed by atoms with Crippen molar-refractivity contribution < 1.29 is 9.53 Å². The van der Waals surface area contributed by atoms with Crippen molar-refractivity contribution >= 4 is 29.2 Å². The molecule has 0 aromatic carbocycles. The van der Waals surface area contributed by atoms with Crippen LogP contribution in [0.1, 0.15) is 45.9 Å². The highest BCUT2D eigenvalue weighted by atomic mass is 35.5. The predicted octanol–water partition coefficient (Wildman–Crippen LogP) is 3.65. The van der Waals surface area contributed by atoms with Crippen LogP contribution in [0.5, 0.6) is 0 Å². The summed E-state index contributed by atoms with van der Waals surface area (Å²) in [5.41, 5.74) is -0.450. The Morgan fingerprint density at radius 3 is 2.45 bits per heavy atom. The number of halogens is 2. The highest BCUT2D eigenvalue weighted by Gasteiger charge is 2.15. The third-order valence-electron chi connectivity index (χ3n) is 1.97. The summed E-state index contributed by atoms with van der Waals surface area (Å²) in [5.74, 6) is 5.69. The number of esters is 1. The molecule has 1 aromatic heterocycles. The Bertz CT molecular complexity index is 522. The van der Waals surface area contributed by atoms with Crippen molar-refractivity contribution in [3.8, 4) is 11.8 Å². The minimum absolute atomic E-state index is 0.221. The molecule has 1 heterocycles. The van der Waals surface area contributed by atoms with Crippen LogP contribution in [0.15, 0.2) is 6.07 Å². The smallest absolute Gasteiger partial charge is 0.306 e. The van der Waals surface area contributed by atoms with Crippen molar-refractivity contribution in [1.29, 1.82) is 0 Å². The van der Waals surface area contributed by atoms with E-state index in [0.29, 0.717) is 19.3 Å². The van der Waals surface area contributed by atoms with E-state index in [9.17, 15) is 4.79 Å². The van der Waals surface area contributed by atoms with E-state index in [4.69, 9.17) is 27.9 Å². The maximum absolute atomic E-state index is 11.5. The number of carbonyl (C=O) groups is 1. The third kappa shape index (κ3) is 7.32. The van der Waals surface area contributed by atoms with Gasteiger partial charge < -0.3 is 4.74 Å². The Kier molecular flexibility index (Phi) is 6.25. The lowest BCUT2D eigenvalue weighted by molar-refractivity contribution is -0.154. The van der Waals surface area contributed by atoms with Crippen molar-refractivity contribution in [2.45, 2.75) is 45.6 Å². The van der Waals surface area contributed by atoms with E-state index in [1.54, 1.807) is 0 Å². The maximum atomic E-state index is 11.5. The number of hydrogen-bond donors (Lipinski definition) is 0. The van der Waals surface area contributed by atoms with Crippen LogP contribution in [0.2, 0.25) is 10.3 Å². The first-order valence-corrected chi connectivity index (χ1v) is 6.93. The minimum atomic E-state index is -0.450. The number of carbonyl (C=O) groups excluding carboxylic acids is 1. The van der Waals surface area contributed by atoms with Gasteiger partial charge in [-0.1, -0.05) is 29.1 Å². The van der Waals surface area contributed by atoms with Crippen LogP contribution in [0.25, 0.3) is 0 Å². The summed E-state index contributed by atoms with van der Waals surface area (Å²) < 4.78 is 5.19. The predicted molar refractivity (Wildman–Crippen MR) is 78.6 cm³/mol.